The molecular formula is C24H22N4O. The molecule has 1 aliphatic rings. The maximum Gasteiger partial charge on any atom is 0.252 e. The molecule has 0 spiro atoms. The highest BCUT2D eigenvalue weighted by molar-refractivity contribution is 6.07. The van der Waals surface area contributed by atoms with Crippen LogP contribution in [0.5, 0.6) is 0 Å². The van der Waals surface area contributed by atoms with Crippen LogP contribution in [0.15, 0.2) is 67.0 Å². The Balaban J connectivity index is 1.30. The summed E-state index contributed by atoms with van der Waals surface area (Å²) in [6.45, 7) is 0.603. The zero-order valence-corrected chi connectivity index (χ0v) is 16.1. The van der Waals surface area contributed by atoms with Crippen molar-refractivity contribution in [1.82, 2.24) is 20.1 Å². The van der Waals surface area contributed by atoms with Crippen LogP contribution < -0.4 is 5.32 Å². The summed E-state index contributed by atoms with van der Waals surface area (Å²) in [6, 6.07) is 18.1. The number of carbonyl (C=O) groups is 1. The third kappa shape index (κ3) is 3.40. The fourth-order valence-corrected chi connectivity index (χ4v) is 4.12. The smallest absolute Gasteiger partial charge is 0.252 e. The molecule has 0 radical (unpaired) electrons. The van der Waals surface area contributed by atoms with Gasteiger partial charge in [0.1, 0.15) is 0 Å². The number of aromatic nitrogens is 3. The summed E-state index contributed by atoms with van der Waals surface area (Å²) >= 11 is 0. The SMILES string of the molecule is O=C(NCCc1ccc(-n2cccn2)cc1)c1c2c(nc3ccccc13)CCC2. The molecule has 0 saturated heterocycles. The van der Waals surface area contributed by atoms with Crippen molar-refractivity contribution in [3.05, 3.63) is 89.4 Å². The summed E-state index contributed by atoms with van der Waals surface area (Å²) in [5.74, 6) is 0.00918. The number of nitrogens with one attached hydrogen (secondary N) is 1. The van der Waals surface area contributed by atoms with E-state index in [1.807, 2.05) is 53.3 Å². The van der Waals surface area contributed by atoms with E-state index in [1.54, 1.807) is 6.20 Å². The zero-order valence-electron chi connectivity index (χ0n) is 16.1. The highest BCUT2D eigenvalue weighted by atomic mass is 16.1. The van der Waals surface area contributed by atoms with Crippen LogP contribution in [0.25, 0.3) is 16.6 Å². The van der Waals surface area contributed by atoms with E-state index in [1.165, 1.54) is 5.56 Å². The summed E-state index contributed by atoms with van der Waals surface area (Å²) in [5.41, 5.74) is 6.16. The lowest BCUT2D eigenvalue weighted by Crippen LogP contribution is -2.27. The number of rotatable bonds is 5. The Labute approximate surface area is 169 Å². The van der Waals surface area contributed by atoms with Gasteiger partial charge in [0.15, 0.2) is 0 Å². The third-order valence-electron chi connectivity index (χ3n) is 5.55. The van der Waals surface area contributed by atoms with E-state index >= 15 is 0 Å². The van der Waals surface area contributed by atoms with Gasteiger partial charge in [0, 0.05) is 30.0 Å². The molecule has 2 aromatic heterocycles. The van der Waals surface area contributed by atoms with Gasteiger partial charge in [-0.3, -0.25) is 9.78 Å². The van der Waals surface area contributed by atoms with E-state index in [0.29, 0.717) is 6.54 Å². The minimum atomic E-state index is 0.00918. The molecule has 144 valence electrons. The average molecular weight is 382 g/mol. The second-order valence-corrected chi connectivity index (χ2v) is 7.41. The Hall–Kier alpha value is -3.47. The van der Waals surface area contributed by atoms with Gasteiger partial charge < -0.3 is 5.32 Å². The molecule has 29 heavy (non-hydrogen) atoms. The standard InChI is InChI=1S/C24H22N4O/c29-24(23-19-5-1-2-7-21(19)27-22-8-3-6-20(22)23)25-15-13-17-9-11-18(12-10-17)28-16-4-14-26-28/h1-2,4-5,7,9-12,14,16H,3,6,8,13,15H2,(H,25,29). The maximum absolute atomic E-state index is 13.1. The number of nitrogens with zero attached hydrogens (tertiary/aromatic N) is 3. The third-order valence-corrected chi connectivity index (χ3v) is 5.55. The summed E-state index contributed by atoms with van der Waals surface area (Å²) in [7, 11) is 0. The number of amides is 1. The second-order valence-electron chi connectivity index (χ2n) is 7.41. The molecule has 0 fully saturated rings. The Morgan fingerprint density at radius 1 is 1.03 bits per heavy atom. The van der Waals surface area contributed by atoms with E-state index in [9.17, 15) is 4.79 Å². The van der Waals surface area contributed by atoms with Gasteiger partial charge in [0.2, 0.25) is 0 Å². The lowest BCUT2D eigenvalue weighted by atomic mass is 10.0. The van der Waals surface area contributed by atoms with Crippen molar-refractivity contribution in [2.75, 3.05) is 6.54 Å². The molecule has 5 nitrogen and oxygen atoms in total. The van der Waals surface area contributed by atoms with Crippen LogP contribution in [0.1, 0.15) is 33.6 Å². The first-order chi connectivity index (χ1) is 14.3. The topological polar surface area (TPSA) is 59.8 Å². The molecule has 2 aromatic carbocycles. The van der Waals surface area contributed by atoms with Crippen molar-refractivity contribution in [3.63, 3.8) is 0 Å². The van der Waals surface area contributed by atoms with Crippen LogP contribution in [0.3, 0.4) is 0 Å². The van der Waals surface area contributed by atoms with E-state index in [-0.39, 0.29) is 5.91 Å². The zero-order chi connectivity index (χ0) is 19.6. The number of aryl methyl sites for hydroxylation is 1. The molecule has 0 bridgehead atoms. The van der Waals surface area contributed by atoms with Crippen LogP contribution in [0.4, 0.5) is 0 Å². The largest absolute Gasteiger partial charge is 0.352 e. The van der Waals surface area contributed by atoms with Gasteiger partial charge in [0.05, 0.1) is 16.8 Å². The van der Waals surface area contributed by atoms with Crippen LogP contribution >= 0.6 is 0 Å². The maximum atomic E-state index is 13.1. The van der Waals surface area contributed by atoms with Crippen molar-refractivity contribution in [3.8, 4) is 5.69 Å². The number of hydrogen-bond donors (Lipinski definition) is 1. The number of fused-ring (bicyclic) bond motifs is 2. The van der Waals surface area contributed by atoms with Crippen LogP contribution in [-0.2, 0) is 19.3 Å². The molecule has 0 aliphatic heterocycles. The van der Waals surface area contributed by atoms with E-state index in [2.05, 4.69) is 22.5 Å². The minimum Gasteiger partial charge on any atom is -0.352 e. The molecule has 2 heterocycles. The van der Waals surface area contributed by atoms with Gasteiger partial charge >= 0.3 is 0 Å². The Morgan fingerprint density at radius 2 is 1.90 bits per heavy atom. The molecule has 5 heteroatoms. The average Bonchev–Trinajstić information content (AvgIpc) is 3.44. The lowest BCUT2D eigenvalue weighted by Gasteiger charge is -2.13. The molecule has 1 N–H and O–H groups in total. The molecule has 1 amide bonds. The van der Waals surface area contributed by atoms with E-state index in [0.717, 1.165) is 59.1 Å². The van der Waals surface area contributed by atoms with Crippen molar-refractivity contribution < 1.29 is 4.79 Å². The van der Waals surface area contributed by atoms with Crippen molar-refractivity contribution in [2.24, 2.45) is 0 Å². The van der Waals surface area contributed by atoms with Gasteiger partial charge in [-0.2, -0.15) is 5.10 Å². The molecule has 1 aliphatic carbocycles. The predicted molar refractivity (Wildman–Crippen MR) is 113 cm³/mol. The second kappa shape index (κ2) is 7.51. The quantitative estimate of drug-likeness (QED) is 0.570. The Morgan fingerprint density at radius 3 is 2.72 bits per heavy atom. The van der Waals surface area contributed by atoms with Gasteiger partial charge in [0.25, 0.3) is 5.91 Å². The summed E-state index contributed by atoms with van der Waals surface area (Å²) in [6.07, 6.45) is 7.45. The van der Waals surface area contributed by atoms with Crippen molar-refractivity contribution in [2.45, 2.75) is 25.7 Å². The van der Waals surface area contributed by atoms with E-state index in [4.69, 9.17) is 4.98 Å². The molecule has 0 unspecified atom stereocenters. The highest BCUT2D eigenvalue weighted by Crippen LogP contribution is 2.29. The first-order valence-corrected chi connectivity index (χ1v) is 10.1. The fraction of sp³-hybridized carbons (Fsp3) is 0.208. The fourth-order valence-electron chi connectivity index (χ4n) is 4.12. The molecule has 5 rings (SSSR count). The summed E-state index contributed by atoms with van der Waals surface area (Å²) in [5, 5.41) is 8.32. The van der Waals surface area contributed by atoms with Crippen LogP contribution in [0.2, 0.25) is 0 Å². The van der Waals surface area contributed by atoms with Crippen LogP contribution in [0, 0.1) is 0 Å². The number of pyridine rings is 1. The van der Waals surface area contributed by atoms with Crippen LogP contribution in [-0.4, -0.2) is 27.2 Å². The number of hydrogen-bond acceptors (Lipinski definition) is 3. The molecule has 0 saturated carbocycles. The molecule has 4 aromatic rings. The van der Waals surface area contributed by atoms with E-state index < -0.39 is 0 Å². The lowest BCUT2D eigenvalue weighted by molar-refractivity contribution is 0.0955. The summed E-state index contributed by atoms with van der Waals surface area (Å²) in [4.78, 5) is 17.8. The van der Waals surface area contributed by atoms with Gasteiger partial charge in [-0.1, -0.05) is 30.3 Å². The molecular weight excluding hydrogens is 360 g/mol. The van der Waals surface area contributed by atoms with Gasteiger partial charge in [-0.05, 0) is 61.1 Å². The normalized spacial score (nSPS) is 12.8. The number of benzene rings is 2. The monoisotopic (exact) mass is 382 g/mol. The Kier molecular flexibility index (Phi) is 4.56. The first kappa shape index (κ1) is 17.6. The Bertz CT molecular complexity index is 1160. The minimum absolute atomic E-state index is 0.00918. The van der Waals surface area contributed by atoms with Crippen molar-refractivity contribution in [1.29, 1.82) is 0 Å². The molecule has 0 atom stereocenters. The van der Waals surface area contributed by atoms with Gasteiger partial charge in [-0.15, -0.1) is 0 Å². The first-order valence-electron chi connectivity index (χ1n) is 10.1. The van der Waals surface area contributed by atoms with Gasteiger partial charge in [-0.25, -0.2) is 4.68 Å². The summed E-state index contributed by atoms with van der Waals surface area (Å²) < 4.78 is 1.83. The van der Waals surface area contributed by atoms with Crippen molar-refractivity contribution >= 4 is 16.8 Å². The predicted octanol–water partition coefficient (Wildman–Crippen LogP) is 3.88. The number of para-hydroxylation sites is 1. The highest BCUT2D eigenvalue weighted by Gasteiger charge is 2.23. The number of carbonyl (C=O) groups excluding carboxylic acids is 1.